The highest BCUT2D eigenvalue weighted by molar-refractivity contribution is 5.94. The van der Waals surface area contributed by atoms with Gasteiger partial charge in [0.05, 0.1) is 13.7 Å². The minimum Gasteiger partial charge on any atom is -0.469 e. The van der Waals surface area contributed by atoms with Gasteiger partial charge in [-0.3, -0.25) is 14.6 Å². The van der Waals surface area contributed by atoms with E-state index in [4.69, 9.17) is 4.99 Å². The third-order valence-corrected chi connectivity index (χ3v) is 4.75. The minimum absolute atomic E-state index is 0.0452. The van der Waals surface area contributed by atoms with Crippen molar-refractivity contribution in [2.45, 2.75) is 51.4 Å². The summed E-state index contributed by atoms with van der Waals surface area (Å²) in [4.78, 5) is 27.7. The van der Waals surface area contributed by atoms with E-state index in [9.17, 15) is 9.59 Å². The van der Waals surface area contributed by atoms with Gasteiger partial charge in [-0.2, -0.15) is 0 Å². The van der Waals surface area contributed by atoms with E-state index in [0.717, 1.165) is 56.0 Å². The molecule has 1 aliphatic heterocycles. The molecular weight excluding hydrogens is 356 g/mol. The molecule has 1 aromatic rings. The van der Waals surface area contributed by atoms with Gasteiger partial charge in [0.1, 0.15) is 0 Å². The minimum atomic E-state index is -0.141. The second-order valence-corrected chi connectivity index (χ2v) is 6.92. The highest BCUT2D eigenvalue weighted by atomic mass is 16.5. The molecule has 28 heavy (non-hydrogen) atoms. The van der Waals surface area contributed by atoms with Crippen molar-refractivity contribution >= 4 is 23.5 Å². The van der Waals surface area contributed by atoms with E-state index in [1.54, 1.807) is 0 Å². The van der Waals surface area contributed by atoms with Gasteiger partial charge in [0.25, 0.3) is 0 Å². The van der Waals surface area contributed by atoms with E-state index in [-0.39, 0.29) is 17.8 Å². The number of carbonyl (C=O) groups is 2. The zero-order chi connectivity index (χ0) is 20.2. The molecule has 0 saturated carbocycles. The molecule has 1 heterocycles. The number of aliphatic imine (C=N–C) groups is 1. The largest absolute Gasteiger partial charge is 0.469 e. The quantitative estimate of drug-likeness (QED) is 0.248. The Morgan fingerprint density at radius 1 is 1.21 bits per heavy atom. The molecule has 3 N–H and O–H groups in total. The molecule has 1 unspecified atom stereocenters. The Hall–Kier alpha value is -2.57. The van der Waals surface area contributed by atoms with Crippen LogP contribution >= 0.6 is 0 Å². The Labute approximate surface area is 167 Å². The number of methoxy groups -OCH3 is 1. The van der Waals surface area contributed by atoms with Crippen LogP contribution in [0.4, 0.5) is 5.69 Å². The van der Waals surface area contributed by atoms with Crippen molar-refractivity contribution in [3.8, 4) is 0 Å². The van der Waals surface area contributed by atoms with Crippen LogP contribution in [0.15, 0.2) is 29.3 Å². The van der Waals surface area contributed by atoms with Crippen molar-refractivity contribution < 1.29 is 14.3 Å². The van der Waals surface area contributed by atoms with Crippen LogP contribution in [0, 0.1) is 0 Å². The Kier molecular flexibility index (Phi) is 9.31. The van der Waals surface area contributed by atoms with E-state index in [1.165, 1.54) is 7.11 Å². The fourth-order valence-corrected chi connectivity index (χ4v) is 3.26. The van der Waals surface area contributed by atoms with Gasteiger partial charge in [0, 0.05) is 37.5 Å². The summed E-state index contributed by atoms with van der Waals surface area (Å²) in [6.07, 6.45) is 4.90. The molecule has 7 heteroatoms. The van der Waals surface area contributed by atoms with Gasteiger partial charge in [-0.05, 0) is 31.4 Å². The fraction of sp³-hybridized carbons (Fsp3) is 0.571. The zero-order valence-electron chi connectivity index (χ0n) is 16.9. The van der Waals surface area contributed by atoms with Gasteiger partial charge in [0.15, 0.2) is 5.96 Å². The zero-order valence-corrected chi connectivity index (χ0v) is 16.9. The molecule has 1 aromatic carbocycles. The van der Waals surface area contributed by atoms with Crippen LogP contribution in [0.5, 0.6) is 0 Å². The summed E-state index contributed by atoms with van der Waals surface area (Å²) >= 11 is 0. The average molecular weight is 389 g/mol. The van der Waals surface area contributed by atoms with Crippen LogP contribution in [0.25, 0.3) is 0 Å². The van der Waals surface area contributed by atoms with Gasteiger partial charge >= 0.3 is 5.97 Å². The molecule has 0 bridgehead atoms. The maximum atomic E-state index is 11.9. The van der Waals surface area contributed by atoms with Crippen LogP contribution in [-0.4, -0.2) is 44.6 Å². The number of unbranched alkanes of at least 4 members (excludes halogenated alkanes) is 3. The van der Waals surface area contributed by atoms with E-state index in [2.05, 4.69) is 26.8 Å². The molecule has 154 valence electrons. The second-order valence-electron chi connectivity index (χ2n) is 6.92. The van der Waals surface area contributed by atoms with Crippen LogP contribution in [0.1, 0.15) is 56.9 Å². The number of nitrogens with one attached hydrogen (secondary N) is 3. The van der Waals surface area contributed by atoms with Crippen LogP contribution in [-0.2, 0) is 14.3 Å². The lowest BCUT2D eigenvalue weighted by molar-refractivity contribution is -0.140. The van der Waals surface area contributed by atoms with Gasteiger partial charge in [-0.1, -0.05) is 31.0 Å². The fourth-order valence-electron chi connectivity index (χ4n) is 3.26. The summed E-state index contributed by atoms with van der Waals surface area (Å²) < 4.78 is 4.64. The van der Waals surface area contributed by atoms with Crippen LogP contribution in [0.3, 0.4) is 0 Å². The predicted octanol–water partition coefficient (Wildman–Crippen LogP) is 2.79. The number of para-hydroxylation sites is 1. The molecule has 0 aliphatic carbocycles. The van der Waals surface area contributed by atoms with Crippen molar-refractivity contribution in [3.63, 3.8) is 0 Å². The van der Waals surface area contributed by atoms with Crippen LogP contribution < -0.4 is 16.0 Å². The van der Waals surface area contributed by atoms with Gasteiger partial charge in [-0.15, -0.1) is 0 Å². The van der Waals surface area contributed by atoms with Crippen molar-refractivity contribution in [3.05, 3.63) is 29.8 Å². The van der Waals surface area contributed by atoms with E-state index in [0.29, 0.717) is 19.4 Å². The smallest absolute Gasteiger partial charge is 0.305 e. The number of nitrogens with zero attached hydrogens (tertiary/aromatic N) is 1. The summed E-state index contributed by atoms with van der Waals surface area (Å²) in [5, 5.41) is 9.54. The van der Waals surface area contributed by atoms with E-state index < -0.39 is 0 Å². The molecule has 1 aliphatic rings. The number of fused-ring (bicyclic) bond motifs is 1. The monoisotopic (exact) mass is 388 g/mol. The maximum absolute atomic E-state index is 11.9. The highest BCUT2D eigenvalue weighted by Gasteiger charge is 2.24. The summed E-state index contributed by atoms with van der Waals surface area (Å²) in [5.41, 5.74) is 2.04. The average Bonchev–Trinajstić information content (AvgIpc) is 2.70. The molecule has 0 fully saturated rings. The number of amides is 1. The number of rotatable bonds is 10. The third kappa shape index (κ3) is 7.21. The normalized spacial score (nSPS) is 16.1. The molecule has 1 amide bonds. The number of guanidine groups is 1. The number of hydrogen-bond donors (Lipinski definition) is 3. The molecule has 1 atom stereocenters. The number of hydrogen-bond acceptors (Lipinski definition) is 4. The Balaban J connectivity index is 1.78. The number of ether oxygens (including phenoxy) is 1. The van der Waals surface area contributed by atoms with Crippen molar-refractivity contribution in [2.75, 3.05) is 32.1 Å². The lowest BCUT2D eigenvalue weighted by Gasteiger charge is -2.24. The number of benzene rings is 1. The third-order valence-electron chi connectivity index (χ3n) is 4.75. The topological polar surface area (TPSA) is 91.8 Å². The lowest BCUT2D eigenvalue weighted by Crippen LogP contribution is -2.38. The van der Waals surface area contributed by atoms with Gasteiger partial charge in [0.2, 0.25) is 5.91 Å². The summed E-state index contributed by atoms with van der Waals surface area (Å²) in [5.74, 6) is 0.778. The second kappa shape index (κ2) is 12.0. The molecule has 2 rings (SSSR count). The van der Waals surface area contributed by atoms with E-state index in [1.807, 2.05) is 25.1 Å². The Morgan fingerprint density at radius 3 is 2.79 bits per heavy atom. The van der Waals surface area contributed by atoms with E-state index >= 15 is 0 Å². The summed E-state index contributed by atoms with van der Waals surface area (Å²) in [7, 11) is 1.42. The van der Waals surface area contributed by atoms with Crippen LogP contribution in [0.2, 0.25) is 0 Å². The standard InChI is InChI=1S/C21H32N4O3/c1-3-22-21(23-13-9-5-4-6-12-20(27)28-2)24-15-16-14-19(26)25-18-11-8-7-10-17(16)18/h7-8,10-11,16H,3-6,9,12-15H2,1-2H3,(H,25,26)(H2,22,23,24). The lowest BCUT2D eigenvalue weighted by atomic mass is 9.91. The predicted molar refractivity (Wildman–Crippen MR) is 112 cm³/mol. The van der Waals surface area contributed by atoms with Gasteiger partial charge < -0.3 is 20.7 Å². The van der Waals surface area contributed by atoms with Crippen molar-refractivity contribution in [1.82, 2.24) is 10.6 Å². The first-order valence-corrected chi connectivity index (χ1v) is 10.1. The first-order valence-electron chi connectivity index (χ1n) is 10.1. The van der Waals surface area contributed by atoms with Gasteiger partial charge in [-0.25, -0.2) is 0 Å². The number of anilines is 1. The first-order chi connectivity index (χ1) is 13.6. The molecule has 7 nitrogen and oxygen atoms in total. The Morgan fingerprint density at radius 2 is 2.00 bits per heavy atom. The van der Waals surface area contributed by atoms with Crippen molar-refractivity contribution in [1.29, 1.82) is 0 Å². The Bertz CT molecular complexity index is 675. The number of esters is 1. The molecular formula is C21H32N4O3. The molecule has 0 aromatic heterocycles. The molecule has 0 saturated heterocycles. The first kappa shape index (κ1) is 21.7. The maximum Gasteiger partial charge on any atom is 0.305 e. The summed E-state index contributed by atoms with van der Waals surface area (Å²) in [6.45, 7) is 4.21. The summed E-state index contributed by atoms with van der Waals surface area (Å²) in [6, 6.07) is 7.93. The van der Waals surface area contributed by atoms with Crippen molar-refractivity contribution in [2.24, 2.45) is 4.99 Å². The molecule has 0 radical (unpaired) electrons. The molecule has 0 spiro atoms. The number of carbonyl (C=O) groups excluding carboxylic acids is 2. The SMILES string of the molecule is CCNC(=NCC1CC(=O)Nc2ccccc21)NCCCCCCC(=O)OC. The highest BCUT2D eigenvalue weighted by Crippen LogP contribution is 2.31.